The molecule has 100 valence electrons. The number of aromatic hydroxyl groups is 2. The number of hydrogen-bond donors (Lipinski definition) is 3. The van der Waals surface area contributed by atoms with Crippen molar-refractivity contribution in [1.29, 1.82) is 0 Å². The standard InChI is InChI=1S/C13H15N3O2S/c17-10-4-1-8(7-11(10)18)13-16-15-12(19-13)5-6-14-9-2-3-9/h1,4,7,9,14,17-18H,2-3,5-6H2. The van der Waals surface area contributed by atoms with E-state index in [1.165, 1.54) is 36.3 Å². The Kier molecular flexibility index (Phi) is 3.35. The summed E-state index contributed by atoms with van der Waals surface area (Å²) >= 11 is 1.52. The average molecular weight is 277 g/mol. The van der Waals surface area contributed by atoms with Crippen molar-refractivity contribution < 1.29 is 10.2 Å². The molecule has 0 saturated heterocycles. The van der Waals surface area contributed by atoms with Gasteiger partial charge in [-0.2, -0.15) is 0 Å². The minimum atomic E-state index is -0.135. The van der Waals surface area contributed by atoms with Crippen LogP contribution >= 0.6 is 11.3 Å². The molecular formula is C13H15N3O2S. The smallest absolute Gasteiger partial charge is 0.158 e. The molecule has 0 spiro atoms. The maximum Gasteiger partial charge on any atom is 0.158 e. The van der Waals surface area contributed by atoms with Gasteiger partial charge in [0.15, 0.2) is 11.5 Å². The molecule has 1 aromatic carbocycles. The van der Waals surface area contributed by atoms with Crippen LogP contribution in [0.4, 0.5) is 0 Å². The van der Waals surface area contributed by atoms with E-state index in [4.69, 9.17) is 0 Å². The van der Waals surface area contributed by atoms with E-state index in [1.807, 2.05) is 0 Å². The monoisotopic (exact) mass is 277 g/mol. The van der Waals surface area contributed by atoms with E-state index in [0.29, 0.717) is 6.04 Å². The van der Waals surface area contributed by atoms with E-state index in [1.54, 1.807) is 6.07 Å². The molecule has 2 aromatic rings. The molecule has 0 amide bonds. The molecular weight excluding hydrogens is 262 g/mol. The van der Waals surface area contributed by atoms with E-state index in [9.17, 15) is 10.2 Å². The first kappa shape index (κ1) is 12.4. The molecule has 0 unspecified atom stereocenters. The minimum absolute atomic E-state index is 0.123. The van der Waals surface area contributed by atoms with E-state index in [-0.39, 0.29) is 11.5 Å². The van der Waals surface area contributed by atoms with Gasteiger partial charge >= 0.3 is 0 Å². The predicted molar refractivity (Wildman–Crippen MR) is 73.4 cm³/mol. The van der Waals surface area contributed by atoms with Crippen LogP contribution in [-0.4, -0.2) is 33.0 Å². The lowest BCUT2D eigenvalue weighted by Crippen LogP contribution is -2.19. The van der Waals surface area contributed by atoms with Gasteiger partial charge in [-0.25, -0.2) is 0 Å². The lowest BCUT2D eigenvalue weighted by molar-refractivity contribution is 0.404. The van der Waals surface area contributed by atoms with Gasteiger partial charge in [-0.1, -0.05) is 11.3 Å². The number of phenols is 2. The summed E-state index contributed by atoms with van der Waals surface area (Å²) in [5.74, 6) is -0.258. The summed E-state index contributed by atoms with van der Waals surface area (Å²) in [5.41, 5.74) is 0.772. The molecule has 1 saturated carbocycles. The number of nitrogens with zero attached hydrogens (tertiary/aromatic N) is 2. The largest absolute Gasteiger partial charge is 0.504 e. The van der Waals surface area contributed by atoms with Crippen LogP contribution in [0.2, 0.25) is 0 Å². The molecule has 0 aliphatic heterocycles. The molecule has 1 aliphatic carbocycles. The topological polar surface area (TPSA) is 78.3 Å². The zero-order chi connectivity index (χ0) is 13.2. The Balaban J connectivity index is 1.67. The summed E-state index contributed by atoms with van der Waals surface area (Å²) in [6.45, 7) is 0.931. The fraction of sp³-hybridized carbons (Fsp3) is 0.385. The lowest BCUT2D eigenvalue weighted by atomic mass is 10.2. The second-order valence-electron chi connectivity index (χ2n) is 4.68. The Morgan fingerprint density at radius 3 is 2.79 bits per heavy atom. The van der Waals surface area contributed by atoms with Crippen molar-refractivity contribution in [3.05, 3.63) is 23.2 Å². The van der Waals surface area contributed by atoms with Crippen molar-refractivity contribution in [2.24, 2.45) is 0 Å². The molecule has 1 heterocycles. The number of phenolic OH excluding ortho intramolecular Hbond substituents is 2. The predicted octanol–water partition coefficient (Wildman–Crippen LogP) is 1.91. The van der Waals surface area contributed by atoms with Gasteiger partial charge in [-0.15, -0.1) is 10.2 Å². The van der Waals surface area contributed by atoms with Crippen LogP contribution in [0.3, 0.4) is 0 Å². The normalized spacial score (nSPS) is 14.7. The van der Waals surface area contributed by atoms with E-state index in [2.05, 4.69) is 15.5 Å². The zero-order valence-corrected chi connectivity index (χ0v) is 11.2. The highest BCUT2D eigenvalue weighted by Crippen LogP contribution is 2.31. The summed E-state index contributed by atoms with van der Waals surface area (Å²) in [7, 11) is 0. The first-order chi connectivity index (χ1) is 9.22. The van der Waals surface area contributed by atoms with E-state index >= 15 is 0 Å². The van der Waals surface area contributed by atoms with Crippen LogP contribution in [0.5, 0.6) is 11.5 Å². The summed E-state index contributed by atoms with van der Waals surface area (Å²) in [5, 5.41) is 32.2. The highest BCUT2D eigenvalue weighted by atomic mass is 32.1. The Morgan fingerprint density at radius 1 is 1.21 bits per heavy atom. The quantitative estimate of drug-likeness (QED) is 0.728. The van der Waals surface area contributed by atoms with Gasteiger partial charge in [-0.05, 0) is 31.0 Å². The average Bonchev–Trinajstić information content (AvgIpc) is 3.10. The van der Waals surface area contributed by atoms with E-state index < -0.39 is 0 Å². The van der Waals surface area contributed by atoms with Crippen molar-refractivity contribution in [3.8, 4) is 22.1 Å². The summed E-state index contributed by atoms with van der Waals surface area (Å²) in [4.78, 5) is 0. The second-order valence-corrected chi connectivity index (χ2v) is 5.74. The van der Waals surface area contributed by atoms with Gasteiger partial charge in [0.1, 0.15) is 10.0 Å². The van der Waals surface area contributed by atoms with Gasteiger partial charge in [0, 0.05) is 24.6 Å². The second kappa shape index (κ2) is 5.14. The molecule has 0 radical (unpaired) electrons. The number of rotatable bonds is 5. The number of benzene rings is 1. The van der Waals surface area contributed by atoms with Crippen LogP contribution in [0.15, 0.2) is 18.2 Å². The molecule has 1 fully saturated rings. The number of aromatic nitrogens is 2. The molecule has 0 bridgehead atoms. The van der Waals surface area contributed by atoms with E-state index in [0.717, 1.165) is 28.5 Å². The first-order valence-corrected chi connectivity index (χ1v) is 7.12. The van der Waals surface area contributed by atoms with Gasteiger partial charge in [0.25, 0.3) is 0 Å². The lowest BCUT2D eigenvalue weighted by Gasteiger charge is -1.99. The van der Waals surface area contributed by atoms with Gasteiger partial charge in [0.2, 0.25) is 0 Å². The Morgan fingerprint density at radius 2 is 2.05 bits per heavy atom. The third-order valence-electron chi connectivity index (χ3n) is 3.04. The van der Waals surface area contributed by atoms with Crippen molar-refractivity contribution in [2.45, 2.75) is 25.3 Å². The molecule has 19 heavy (non-hydrogen) atoms. The summed E-state index contributed by atoms with van der Waals surface area (Å²) < 4.78 is 0. The first-order valence-electron chi connectivity index (χ1n) is 6.30. The van der Waals surface area contributed by atoms with Gasteiger partial charge < -0.3 is 15.5 Å². The van der Waals surface area contributed by atoms with Crippen molar-refractivity contribution in [3.63, 3.8) is 0 Å². The fourth-order valence-corrected chi connectivity index (χ4v) is 2.63. The Labute approximate surface area is 114 Å². The molecule has 0 atom stereocenters. The summed E-state index contributed by atoms with van der Waals surface area (Å²) in [6, 6.07) is 5.39. The van der Waals surface area contributed by atoms with Crippen molar-refractivity contribution in [1.82, 2.24) is 15.5 Å². The highest BCUT2D eigenvalue weighted by Gasteiger charge is 2.20. The molecule has 5 nitrogen and oxygen atoms in total. The third kappa shape index (κ3) is 3.02. The van der Waals surface area contributed by atoms with Gasteiger partial charge in [0.05, 0.1) is 0 Å². The SMILES string of the molecule is Oc1ccc(-c2nnc(CCNC3CC3)s2)cc1O. The summed E-state index contributed by atoms with van der Waals surface area (Å²) in [6.07, 6.45) is 3.44. The molecule has 6 heteroatoms. The molecule has 3 N–H and O–H groups in total. The maximum atomic E-state index is 9.47. The Hall–Kier alpha value is -1.66. The zero-order valence-electron chi connectivity index (χ0n) is 10.3. The Bertz CT molecular complexity index is 581. The number of hydrogen-bond acceptors (Lipinski definition) is 6. The van der Waals surface area contributed by atoms with Crippen LogP contribution in [0.25, 0.3) is 10.6 Å². The molecule has 1 aromatic heterocycles. The van der Waals surface area contributed by atoms with Crippen LogP contribution < -0.4 is 5.32 Å². The van der Waals surface area contributed by atoms with Gasteiger partial charge in [-0.3, -0.25) is 0 Å². The molecule has 3 rings (SSSR count). The third-order valence-corrected chi connectivity index (χ3v) is 4.07. The minimum Gasteiger partial charge on any atom is -0.504 e. The van der Waals surface area contributed by atoms with Crippen LogP contribution in [0.1, 0.15) is 17.8 Å². The maximum absolute atomic E-state index is 9.47. The van der Waals surface area contributed by atoms with Crippen LogP contribution in [-0.2, 0) is 6.42 Å². The van der Waals surface area contributed by atoms with Crippen molar-refractivity contribution in [2.75, 3.05) is 6.54 Å². The van der Waals surface area contributed by atoms with Crippen molar-refractivity contribution >= 4 is 11.3 Å². The fourth-order valence-electron chi connectivity index (χ4n) is 1.80. The molecule has 1 aliphatic rings. The highest BCUT2D eigenvalue weighted by molar-refractivity contribution is 7.14. The van der Waals surface area contributed by atoms with Crippen LogP contribution in [0, 0.1) is 0 Å². The number of nitrogens with one attached hydrogen (secondary N) is 1.